The average molecular weight is 97.1 g/mol. The second-order valence-corrected chi connectivity index (χ2v) is 1.23. The van der Waals surface area contributed by atoms with Crippen LogP contribution >= 0.6 is 0 Å². The molecule has 1 radical (unpaired) electrons. The van der Waals surface area contributed by atoms with Gasteiger partial charge in [0.1, 0.15) is 0 Å². The van der Waals surface area contributed by atoms with Gasteiger partial charge in [0.25, 0.3) is 0 Å². The molecule has 37 valence electrons. The predicted molar refractivity (Wildman–Crippen MR) is 25.6 cm³/mol. The van der Waals surface area contributed by atoms with Crippen LogP contribution in [-0.4, -0.2) is 12.1 Å². The van der Waals surface area contributed by atoms with Crippen molar-refractivity contribution in [3.8, 4) is 0 Å². The molecule has 0 unspecified atom stereocenters. The number of rotatable bonds is 0. The Hall–Kier alpha value is -0.860. The van der Waals surface area contributed by atoms with E-state index in [1.807, 2.05) is 0 Å². The fraction of sp³-hybridized carbons (Fsp3) is 0.250. The zero-order valence-electron chi connectivity index (χ0n) is 3.72. The Kier molecular flexibility index (Phi) is 1.06. The van der Waals surface area contributed by atoms with Crippen LogP contribution in [0.3, 0.4) is 0 Å². The first-order chi connectivity index (χ1) is 3.39. The van der Waals surface area contributed by atoms with Crippen molar-refractivity contribution in [2.75, 3.05) is 0 Å². The van der Waals surface area contributed by atoms with E-state index in [4.69, 9.17) is 0 Å². The molecule has 0 aromatic heterocycles. The summed E-state index contributed by atoms with van der Waals surface area (Å²) in [4.78, 5) is 10.2. The number of hydrogen-bond acceptors (Lipinski definition) is 2. The van der Waals surface area contributed by atoms with E-state index in [0.29, 0.717) is 6.42 Å². The van der Waals surface area contributed by atoms with E-state index >= 15 is 0 Å². The minimum absolute atomic E-state index is 0.109. The van der Waals surface area contributed by atoms with E-state index in [1.165, 1.54) is 6.42 Å². The third-order valence-corrected chi connectivity index (χ3v) is 0.675. The van der Waals surface area contributed by atoms with Crippen LogP contribution in [0.2, 0.25) is 0 Å². The number of carbonyl (C=O) groups is 1. The smallest absolute Gasteiger partial charge is 0.244 e. The molecular formula is C4H5N2O. The van der Waals surface area contributed by atoms with Crippen molar-refractivity contribution in [3.05, 3.63) is 6.42 Å². The highest BCUT2D eigenvalue weighted by molar-refractivity contribution is 5.90. The Morgan fingerprint density at radius 3 is 3.00 bits per heavy atom. The van der Waals surface area contributed by atoms with Crippen LogP contribution in [0.25, 0.3) is 0 Å². The molecule has 0 bridgehead atoms. The standard InChI is InChI=1S/C4H5N2O/c7-4-2-1-3-5-6-4/h2-3H,1H2,(H,6,7). The van der Waals surface area contributed by atoms with Gasteiger partial charge in [0.05, 0.1) is 6.42 Å². The van der Waals surface area contributed by atoms with Gasteiger partial charge in [0.15, 0.2) is 0 Å². The van der Waals surface area contributed by atoms with Crippen LogP contribution < -0.4 is 5.43 Å². The minimum atomic E-state index is -0.109. The highest BCUT2D eigenvalue weighted by Gasteiger charge is 2.00. The van der Waals surface area contributed by atoms with Gasteiger partial charge in [-0.1, -0.05) is 0 Å². The zero-order valence-corrected chi connectivity index (χ0v) is 3.72. The summed E-state index contributed by atoms with van der Waals surface area (Å²) < 4.78 is 0. The number of nitrogens with one attached hydrogen (secondary N) is 1. The first-order valence-electron chi connectivity index (χ1n) is 2.04. The molecule has 7 heavy (non-hydrogen) atoms. The Morgan fingerprint density at radius 2 is 2.71 bits per heavy atom. The zero-order chi connectivity index (χ0) is 5.11. The molecule has 1 N–H and O–H groups in total. The quantitative estimate of drug-likeness (QED) is 0.443. The van der Waals surface area contributed by atoms with Crippen molar-refractivity contribution in [1.82, 2.24) is 5.43 Å². The Balaban J connectivity index is 2.47. The van der Waals surface area contributed by atoms with Crippen LogP contribution in [0.5, 0.6) is 0 Å². The van der Waals surface area contributed by atoms with Gasteiger partial charge in [-0.2, -0.15) is 5.10 Å². The lowest BCUT2D eigenvalue weighted by atomic mass is 10.3. The van der Waals surface area contributed by atoms with Gasteiger partial charge in [0, 0.05) is 6.21 Å². The third-order valence-electron chi connectivity index (χ3n) is 0.675. The molecule has 1 rings (SSSR count). The van der Waals surface area contributed by atoms with Gasteiger partial charge in [-0.05, 0) is 6.42 Å². The number of hydrazone groups is 1. The largest absolute Gasteiger partial charge is 0.273 e. The minimum Gasteiger partial charge on any atom is -0.273 e. The number of hydrogen-bond donors (Lipinski definition) is 1. The van der Waals surface area contributed by atoms with Crippen LogP contribution in [-0.2, 0) is 4.79 Å². The summed E-state index contributed by atoms with van der Waals surface area (Å²) in [5, 5.41) is 3.50. The van der Waals surface area contributed by atoms with Gasteiger partial charge in [-0.25, -0.2) is 5.43 Å². The van der Waals surface area contributed by atoms with E-state index in [0.717, 1.165) is 0 Å². The lowest BCUT2D eigenvalue weighted by molar-refractivity contribution is -0.118. The summed E-state index contributed by atoms with van der Waals surface area (Å²) in [5.41, 5.74) is 2.26. The van der Waals surface area contributed by atoms with Gasteiger partial charge < -0.3 is 0 Å². The van der Waals surface area contributed by atoms with Crippen molar-refractivity contribution < 1.29 is 4.79 Å². The van der Waals surface area contributed by atoms with Gasteiger partial charge >= 0.3 is 0 Å². The van der Waals surface area contributed by atoms with Crippen LogP contribution in [0.4, 0.5) is 0 Å². The van der Waals surface area contributed by atoms with E-state index < -0.39 is 0 Å². The maximum atomic E-state index is 10.2. The summed E-state index contributed by atoms with van der Waals surface area (Å²) in [7, 11) is 0. The normalized spacial score (nSPS) is 19.1. The van der Waals surface area contributed by atoms with Crippen molar-refractivity contribution in [1.29, 1.82) is 0 Å². The molecule has 3 heteroatoms. The molecule has 0 saturated heterocycles. The van der Waals surface area contributed by atoms with Gasteiger partial charge in [-0.15, -0.1) is 0 Å². The topological polar surface area (TPSA) is 41.5 Å². The second-order valence-electron chi connectivity index (χ2n) is 1.23. The third kappa shape index (κ3) is 0.994. The summed E-state index contributed by atoms with van der Waals surface area (Å²) in [6.45, 7) is 0. The van der Waals surface area contributed by atoms with Crippen LogP contribution in [0.1, 0.15) is 6.42 Å². The number of nitrogens with zero attached hydrogens (tertiary/aromatic N) is 1. The molecule has 3 nitrogen and oxygen atoms in total. The van der Waals surface area contributed by atoms with E-state index in [1.54, 1.807) is 6.21 Å². The molecule has 0 aromatic rings. The first kappa shape index (κ1) is 4.30. The predicted octanol–water partition coefficient (Wildman–Crippen LogP) is -0.304. The maximum Gasteiger partial charge on any atom is 0.244 e. The highest BCUT2D eigenvalue weighted by atomic mass is 16.2. The molecule has 1 aliphatic rings. The van der Waals surface area contributed by atoms with Crippen molar-refractivity contribution >= 4 is 12.1 Å². The number of carbonyl (C=O) groups excluding carboxylic acids is 1. The summed E-state index contributed by atoms with van der Waals surface area (Å²) in [6, 6.07) is 0. The number of amides is 1. The Bertz CT molecular complexity index is 108. The Morgan fingerprint density at radius 1 is 1.86 bits per heavy atom. The van der Waals surface area contributed by atoms with Crippen LogP contribution in [0, 0.1) is 6.42 Å². The Labute approximate surface area is 41.4 Å². The van der Waals surface area contributed by atoms with Crippen molar-refractivity contribution in [2.45, 2.75) is 6.42 Å². The summed E-state index contributed by atoms with van der Waals surface area (Å²) >= 11 is 0. The highest BCUT2D eigenvalue weighted by Crippen LogP contribution is 1.87. The molecule has 1 heterocycles. The van der Waals surface area contributed by atoms with E-state index in [-0.39, 0.29) is 5.91 Å². The van der Waals surface area contributed by atoms with Gasteiger partial charge in [0.2, 0.25) is 5.91 Å². The summed E-state index contributed by atoms with van der Waals surface area (Å²) in [6.07, 6.45) is 3.83. The fourth-order valence-corrected chi connectivity index (χ4v) is 0.367. The average Bonchev–Trinajstić information content (AvgIpc) is 1.69. The maximum absolute atomic E-state index is 10.2. The SMILES string of the molecule is O=C1[CH]CC=NN1. The molecule has 0 aromatic carbocycles. The van der Waals surface area contributed by atoms with Crippen molar-refractivity contribution in [2.24, 2.45) is 5.10 Å². The molecule has 0 fully saturated rings. The van der Waals surface area contributed by atoms with E-state index in [9.17, 15) is 4.79 Å². The first-order valence-corrected chi connectivity index (χ1v) is 2.04. The lowest BCUT2D eigenvalue weighted by Crippen LogP contribution is -2.21. The summed E-state index contributed by atoms with van der Waals surface area (Å²) in [5.74, 6) is -0.109. The molecule has 0 spiro atoms. The van der Waals surface area contributed by atoms with Crippen molar-refractivity contribution in [3.63, 3.8) is 0 Å². The molecule has 1 amide bonds. The van der Waals surface area contributed by atoms with E-state index in [2.05, 4.69) is 10.5 Å². The van der Waals surface area contributed by atoms with Gasteiger partial charge in [-0.3, -0.25) is 4.79 Å². The molecule has 0 aliphatic carbocycles. The second kappa shape index (κ2) is 1.73. The molecule has 0 atom stereocenters. The van der Waals surface area contributed by atoms with Crippen LogP contribution in [0.15, 0.2) is 5.10 Å². The molecule has 0 saturated carbocycles. The molecule has 1 aliphatic heterocycles. The fourth-order valence-electron chi connectivity index (χ4n) is 0.367. The monoisotopic (exact) mass is 97.0 g/mol. The lowest BCUT2D eigenvalue weighted by Gasteiger charge is -1.99. The molecular weight excluding hydrogens is 92.1 g/mol.